The van der Waals surface area contributed by atoms with Crippen LogP contribution in [0.5, 0.6) is 0 Å². The molecule has 0 bridgehead atoms. The molecule has 1 aliphatic heterocycles. The molecule has 6 heteroatoms. The van der Waals surface area contributed by atoms with Crippen molar-refractivity contribution in [2.45, 2.75) is 13.3 Å². The number of hydrogen-bond acceptors (Lipinski definition) is 3. The van der Waals surface area contributed by atoms with Gasteiger partial charge in [0, 0.05) is 32.2 Å². The predicted molar refractivity (Wildman–Crippen MR) is 81.3 cm³/mol. The number of hydrogen-bond donors (Lipinski definition) is 1. The summed E-state index contributed by atoms with van der Waals surface area (Å²) in [4.78, 5) is 38.4. The lowest BCUT2D eigenvalue weighted by Gasteiger charge is -2.23. The number of anilines is 1. The molecule has 2 unspecified atom stereocenters. The second-order valence-electron chi connectivity index (χ2n) is 5.70. The van der Waals surface area contributed by atoms with E-state index in [1.54, 1.807) is 18.9 Å². The Labute approximate surface area is 129 Å². The lowest BCUT2D eigenvalue weighted by molar-refractivity contribution is -0.143. The van der Waals surface area contributed by atoms with E-state index in [0.29, 0.717) is 6.54 Å². The number of carbonyl (C=O) groups excluding carboxylic acids is 2. The van der Waals surface area contributed by atoms with Crippen LogP contribution >= 0.6 is 0 Å². The van der Waals surface area contributed by atoms with Gasteiger partial charge in [-0.05, 0) is 12.1 Å². The molecular formula is C16H20N2O4. The lowest BCUT2D eigenvalue weighted by Crippen LogP contribution is -2.38. The van der Waals surface area contributed by atoms with E-state index < -0.39 is 17.8 Å². The molecule has 1 aliphatic rings. The highest BCUT2D eigenvalue weighted by Gasteiger charge is 2.36. The highest BCUT2D eigenvalue weighted by atomic mass is 16.4. The molecule has 1 heterocycles. The summed E-state index contributed by atoms with van der Waals surface area (Å²) in [5.41, 5.74) is 0.782. The largest absolute Gasteiger partial charge is 0.481 e. The van der Waals surface area contributed by atoms with Crippen LogP contribution in [0.2, 0.25) is 0 Å². The zero-order valence-electron chi connectivity index (χ0n) is 12.7. The van der Waals surface area contributed by atoms with Gasteiger partial charge in [0.1, 0.15) is 0 Å². The minimum absolute atomic E-state index is 0.0794. The minimum atomic E-state index is -0.937. The molecule has 1 fully saturated rings. The summed E-state index contributed by atoms with van der Waals surface area (Å²) >= 11 is 0. The number of para-hydroxylation sites is 1. The summed E-state index contributed by atoms with van der Waals surface area (Å²) in [5.74, 6) is -2.24. The standard InChI is InChI=1S/C16H20N2O4/c1-11(16(21)22)9-17(2)15(20)12-8-14(19)18(10-12)13-6-4-3-5-7-13/h3-7,11-12H,8-10H2,1-2H3,(H,21,22). The number of rotatable bonds is 5. The van der Waals surface area contributed by atoms with Gasteiger partial charge in [-0.3, -0.25) is 14.4 Å². The maximum Gasteiger partial charge on any atom is 0.308 e. The van der Waals surface area contributed by atoms with Gasteiger partial charge >= 0.3 is 5.97 Å². The van der Waals surface area contributed by atoms with Crippen molar-refractivity contribution in [3.05, 3.63) is 30.3 Å². The molecule has 22 heavy (non-hydrogen) atoms. The summed E-state index contributed by atoms with van der Waals surface area (Å²) in [6.07, 6.45) is 0.166. The van der Waals surface area contributed by atoms with Gasteiger partial charge in [-0.15, -0.1) is 0 Å². The van der Waals surface area contributed by atoms with Gasteiger partial charge in [0.05, 0.1) is 11.8 Å². The molecule has 0 aliphatic carbocycles. The molecule has 6 nitrogen and oxygen atoms in total. The number of carboxylic acid groups (broad SMARTS) is 1. The van der Waals surface area contributed by atoms with E-state index in [4.69, 9.17) is 5.11 Å². The molecule has 0 radical (unpaired) electrons. The van der Waals surface area contributed by atoms with Gasteiger partial charge in [0.25, 0.3) is 0 Å². The van der Waals surface area contributed by atoms with E-state index in [1.807, 2.05) is 30.3 Å². The summed E-state index contributed by atoms with van der Waals surface area (Å²) in [5, 5.41) is 8.91. The highest BCUT2D eigenvalue weighted by Crippen LogP contribution is 2.26. The Kier molecular flexibility index (Phi) is 4.80. The fourth-order valence-electron chi connectivity index (χ4n) is 2.62. The van der Waals surface area contributed by atoms with Crippen molar-refractivity contribution < 1.29 is 19.5 Å². The third kappa shape index (κ3) is 3.44. The summed E-state index contributed by atoms with van der Waals surface area (Å²) in [6.45, 7) is 2.04. The first kappa shape index (κ1) is 16.0. The molecule has 0 spiro atoms. The predicted octanol–water partition coefficient (Wildman–Crippen LogP) is 1.22. The SMILES string of the molecule is CC(CN(C)C(=O)C1CC(=O)N(c2ccccc2)C1)C(=O)O. The van der Waals surface area contributed by atoms with Gasteiger partial charge < -0.3 is 14.9 Å². The normalized spacial score (nSPS) is 19.1. The number of carbonyl (C=O) groups is 3. The average Bonchev–Trinajstić information content (AvgIpc) is 2.89. The Morgan fingerprint density at radius 2 is 2.00 bits per heavy atom. The molecule has 2 rings (SSSR count). The van der Waals surface area contributed by atoms with Crippen LogP contribution in [-0.4, -0.2) is 47.9 Å². The number of carboxylic acids is 1. The van der Waals surface area contributed by atoms with E-state index >= 15 is 0 Å². The van der Waals surface area contributed by atoms with Crippen molar-refractivity contribution in [3.8, 4) is 0 Å². The Hall–Kier alpha value is -2.37. The molecule has 1 aromatic carbocycles. The maximum atomic E-state index is 12.4. The highest BCUT2D eigenvalue weighted by molar-refractivity contribution is 6.00. The second kappa shape index (κ2) is 6.60. The van der Waals surface area contributed by atoms with Crippen LogP contribution in [0.3, 0.4) is 0 Å². The van der Waals surface area contributed by atoms with Gasteiger partial charge in [-0.25, -0.2) is 0 Å². The van der Waals surface area contributed by atoms with E-state index in [9.17, 15) is 14.4 Å². The molecule has 2 atom stereocenters. The van der Waals surface area contributed by atoms with Gasteiger partial charge in [0.2, 0.25) is 11.8 Å². The number of benzene rings is 1. The fraction of sp³-hybridized carbons (Fsp3) is 0.438. The summed E-state index contributed by atoms with van der Waals surface area (Å²) in [6, 6.07) is 9.23. The van der Waals surface area contributed by atoms with Crippen LogP contribution in [-0.2, 0) is 14.4 Å². The van der Waals surface area contributed by atoms with Crippen molar-refractivity contribution in [2.75, 3.05) is 25.0 Å². The summed E-state index contributed by atoms with van der Waals surface area (Å²) in [7, 11) is 1.58. The molecule has 118 valence electrons. The average molecular weight is 304 g/mol. The summed E-state index contributed by atoms with van der Waals surface area (Å²) < 4.78 is 0. The Morgan fingerprint density at radius 1 is 1.36 bits per heavy atom. The van der Waals surface area contributed by atoms with Crippen molar-refractivity contribution in [3.63, 3.8) is 0 Å². The third-order valence-corrected chi connectivity index (χ3v) is 3.89. The first-order valence-electron chi connectivity index (χ1n) is 7.23. The number of nitrogens with zero attached hydrogens (tertiary/aromatic N) is 2. The molecule has 1 aromatic rings. The molecule has 0 aromatic heterocycles. The zero-order chi connectivity index (χ0) is 16.3. The molecule has 0 saturated carbocycles. The van der Waals surface area contributed by atoms with Crippen LogP contribution in [0.1, 0.15) is 13.3 Å². The van der Waals surface area contributed by atoms with Crippen LogP contribution in [0, 0.1) is 11.8 Å². The second-order valence-corrected chi connectivity index (χ2v) is 5.70. The molecule has 1 saturated heterocycles. The Morgan fingerprint density at radius 3 is 2.59 bits per heavy atom. The van der Waals surface area contributed by atoms with Crippen LogP contribution in [0.4, 0.5) is 5.69 Å². The number of amides is 2. The number of aliphatic carboxylic acids is 1. The van der Waals surface area contributed by atoms with Crippen molar-refractivity contribution >= 4 is 23.5 Å². The minimum Gasteiger partial charge on any atom is -0.481 e. The van der Waals surface area contributed by atoms with Crippen LogP contribution in [0.25, 0.3) is 0 Å². The molecular weight excluding hydrogens is 284 g/mol. The van der Waals surface area contributed by atoms with Crippen molar-refractivity contribution in [2.24, 2.45) is 11.8 Å². The van der Waals surface area contributed by atoms with Crippen LogP contribution in [0.15, 0.2) is 30.3 Å². The zero-order valence-corrected chi connectivity index (χ0v) is 12.7. The van der Waals surface area contributed by atoms with E-state index in [1.165, 1.54) is 4.90 Å². The van der Waals surface area contributed by atoms with Crippen LogP contribution < -0.4 is 4.90 Å². The Balaban J connectivity index is 2.01. The fourth-order valence-corrected chi connectivity index (χ4v) is 2.62. The molecule has 2 amide bonds. The first-order chi connectivity index (χ1) is 10.4. The van der Waals surface area contributed by atoms with Gasteiger partial charge in [-0.2, -0.15) is 0 Å². The monoisotopic (exact) mass is 304 g/mol. The Bertz CT molecular complexity index is 573. The smallest absolute Gasteiger partial charge is 0.308 e. The lowest BCUT2D eigenvalue weighted by atomic mass is 10.1. The van der Waals surface area contributed by atoms with Crippen molar-refractivity contribution in [1.82, 2.24) is 4.90 Å². The maximum absolute atomic E-state index is 12.4. The van der Waals surface area contributed by atoms with Gasteiger partial charge in [-0.1, -0.05) is 25.1 Å². The quantitative estimate of drug-likeness (QED) is 0.887. The third-order valence-electron chi connectivity index (χ3n) is 3.89. The topological polar surface area (TPSA) is 77.9 Å². The first-order valence-corrected chi connectivity index (χ1v) is 7.23. The van der Waals surface area contributed by atoms with E-state index in [2.05, 4.69) is 0 Å². The van der Waals surface area contributed by atoms with Crippen molar-refractivity contribution in [1.29, 1.82) is 0 Å². The van der Waals surface area contributed by atoms with Gasteiger partial charge in [0.15, 0.2) is 0 Å². The molecule has 1 N–H and O–H groups in total. The van der Waals surface area contributed by atoms with E-state index in [0.717, 1.165) is 5.69 Å². The van der Waals surface area contributed by atoms with E-state index in [-0.39, 0.29) is 24.8 Å².